The predicted octanol–water partition coefficient (Wildman–Crippen LogP) is 3.38. The van der Waals surface area contributed by atoms with E-state index >= 15 is 0 Å². The molecule has 2 rings (SSSR count). The van der Waals surface area contributed by atoms with E-state index in [0.29, 0.717) is 12.6 Å². The van der Waals surface area contributed by atoms with Gasteiger partial charge in [-0.1, -0.05) is 41.7 Å². The van der Waals surface area contributed by atoms with Gasteiger partial charge in [0, 0.05) is 24.0 Å². The van der Waals surface area contributed by atoms with Crippen LogP contribution in [0.5, 0.6) is 0 Å². The van der Waals surface area contributed by atoms with Gasteiger partial charge in [0.05, 0.1) is 4.92 Å². The largest absolute Gasteiger partial charge is 0.324 e. The van der Waals surface area contributed by atoms with E-state index in [1.54, 1.807) is 6.07 Å². The average molecular weight is 276 g/mol. The van der Waals surface area contributed by atoms with Crippen molar-refractivity contribution < 1.29 is 4.92 Å². The van der Waals surface area contributed by atoms with Gasteiger partial charge in [0.15, 0.2) is 0 Å². The van der Waals surface area contributed by atoms with Crippen molar-refractivity contribution in [2.45, 2.75) is 25.9 Å². The van der Waals surface area contributed by atoms with Crippen LogP contribution in [0.4, 0.5) is 5.00 Å². The number of nitro groups is 1. The molecule has 0 radical (unpaired) electrons. The minimum absolute atomic E-state index is 0.201. The highest BCUT2D eigenvalue weighted by Crippen LogP contribution is 2.22. The lowest BCUT2D eigenvalue weighted by atomic mass is 10.1. The maximum atomic E-state index is 10.6. The van der Waals surface area contributed by atoms with E-state index < -0.39 is 0 Å². The normalized spacial score (nSPS) is 12.3. The Morgan fingerprint density at radius 3 is 2.68 bits per heavy atom. The number of nitrogens with zero attached hydrogens (tertiary/aromatic N) is 1. The van der Waals surface area contributed by atoms with Crippen molar-refractivity contribution in [3.63, 3.8) is 0 Å². The molecule has 1 heterocycles. The molecule has 0 fully saturated rings. The zero-order valence-electron chi connectivity index (χ0n) is 10.7. The van der Waals surface area contributed by atoms with Crippen molar-refractivity contribution in [1.29, 1.82) is 0 Å². The third kappa shape index (κ3) is 4.15. The number of nitrogens with one attached hydrogen (secondary N) is 1. The molecule has 2 aromatic rings. The Hall–Kier alpha value is -1.72. The van der Waals surface area contributed by atoms with Gasteiger partial charge in [0.1, 0.15) is 0 Å². The van der Waals surface area contributed by atoms with Crippen molar-refractivity contribution in [2.75, 3.05) is 0 Å². The van der Waals surface area contributed by atoms with Crippen molar-refractivity contribution >= 4 is 16.3 Å². The van der Waals surface area contributed by atoms with Gasteiger partial charge < -0.3 is 5.32 Å². The molecule has 0 aliphatic carbocycles. The lowest BCUT2D eigenvalue weighted by molar-refractivity contribution is -0.380. The Kier molecular flexibility index (Phi) is 4.65. The van der Waals surface area contributed by atoms with E-state index in [1.807, 2.05) is 23.6 Å². The summed E-state index contributed by atoms with van der Waals surface area (Å²) in [6.07, 6.45) is 0.951. The second-order valence-electron chi connectivity index (χ2n) is 4.52. The quantitative estimate of drug-likeness (QED) is 0.650. The Labute approximate surface area is 116 Å². The molecule has 1 atom stereocenters. The standard InChI is InChI=1S/C14H16N2O2S/c1-11(7-12-5-3-2-4-6-12)15-9-13-8-14(16(17)18)19-10-13/h2-6,8,10-11,15H,7,9H2,1H3. The van der Waals surface area contributed by atoms with E-state index in [1.165, 1.54) is 16.9 Å². The van der Waals surface area contributed by atoms with Crippen molar-refractivity contribution in [3.8, 4) is 0 Å². The summed E-state index contributed by atoms with van der Waals surface area (Å²) in [5.74, 6) is 0. The zero-order valence-corrected chi connectivity index (χ0v) is 11.5. The molecule has 1 unspecified atom stereocenters. The molecule has 0 amide bonds. The van der Waals surface area contributed by atoms with E-state index in [-0.39, 0.29) is 9.92 Å². The van der Waals surface area contributed by atoms with Crippen LogP contribution in [0.1, 0.15) is 18.1 Å². The highest BCUT2D eigenvalue weighted by atomic mass is 32.1. The van der Waals surface area contributed by atoms with Crippen LogP contribution in [0.3, 0.4) is 0 Å². The molecular weight excluding hydrogens is 260 g/mol. The van der Waals surface area contributed by atoms with Gasteiger partial charge in [-0.2, -0.15) is 0 Å². The first kappa shape index (κ1) is 13.7. The molecule has 1 aromatic heterocycles. The van der Waals surface area contributed by atoms with Crippen LogP contribution in [0.25, 0.3) is 0 Å². The summed E-state index contributed by atoms with van der Waals surface area (Å²) in [4.78, 5) is 10.2. The van der Waals surface area contributed by atoms with Crippen LogP contribution in [0.15, 0.2) is 41.8 Å². The maximum Gasteiger partial charge on any atom is 0.324 e. The number of thiophene rings is 1. The topological polar surface area (TPSA) is 55.2 Å². The minimum Gasteiger partial charge on any atom is -0.310 e. The van der Waals surface area contributed by atoms with Crippen molar-refractivity contribution in [2.24, 2.45) is 0 Å². The summed E-state index contributed by atoms with van der Waals surface area (Å²) in [6.45, 7) is 2.78. The second kappa shape index (κ2) is 6.45. The minimum atomic E-state index is -0.346. The fraction of sp³-hybridized carbons (Fsp3) is 0.286. The molecule has 0 bridgehead atoms. The van der Waals surface area contributed by atoms with Crippen LogP contribution in [0.2, 0.25) is 0 Å². The fourth-order valence-corrected chi connectivity index (χ4v) is 2.61. The maximum absolute atomic E-state index is 10.6. The summed E-state index contributed by atoms with van der Waals surface area (Å²) < 4.78 is 0. The van der Waals surface area contributed by atoms with Gasteiger partial charge in [-0.15, -0.1) is 0 Å². The van der Waals surface area contributed by atoms with Crippen LogP contribution >= 0.6 is 11.3 Å². The highest BCUT2D eigenvalue weighted by molar-refractivity contribution is 7.13. The lowest BCUT2D eigenvalue weighted by Gasteiger charge is -2.13. The Balaban J connectivity index is 1.83. The molecule has 1 N–H and O–H groups in total. The molecule has 100 valence electrons. The number of rotatable bonds is 6. The van der Waals surface area contributed by atoms with E-state index in [0.717, 1.165) is 12.0 Å². The molecule has 0 saturated heterocycles. The number of hydrogen-bond acceptors (Lipinski definition) is 4. The summed E-state index contributed by atoms with van der Waals surface area (Å²) >= 11 is 1.17. The van der Waals surface area contributed by atoms with Gasteiger partial charge >= 0.3 is 5.00 Å². The molecule has 0 aliphatic rings. The van der Waals surface area contributed by atoms with Crippen molar-refractivity contribution in [3.05, 3.63) is 63.0 Å². The highest BCUT2D eigenvalue weighted by Gasteiger charge is 2.10. The van der Waals surface area contributed by atoms with Gasteiger partial charge in [-0.3, -0.25) is 10.1 Å². The smallest absolute Gasteiger partial charge is 0.310 e. The van der Waals surface area contributed by atoms with Crippen molar-refractivity contribution in [1.82, 2.24) is 5.32 Å². The summed E-state index contributed by atoms with van der Waals surface area (Å²) in [5, 5.41) is 16.0. The van der Waals surface area contributed by atoms with Crippen LogP contribution < -0.4 is 5.32 Å². The first-order valence-corrected chi connectivity index (χ1v) is 7.02. The first-order chi connectivity index (χ1) is 9.15. The Morgan fingerprint density at radius 2 is 2.05 bits per heavy atom. The van der Waals surface area contributed by atoms with E-state index in [2.05, 4.69) is 24.4 Å². The monoisotopic (exact) mass is 276 g/mol. The Bertz CT molecular complexity index is 539. The van der Waals surface area contributed by atoms with Crippen LogP contribution in [-0.2, 0) is 13.0 Å². The zero-order chi connectivity index (χ0) is 13.7. The van der Waals surface area contributed by atoms with E-state index in [9.17, 15) is 10.1 Å². The molecule has 0 aliphatic heterocycles. The van der Waals surface area contributed by atoms with Gasteiger partial charge in [-0.05, 0) is 24.5 Å². The lowest BCUT2D eigenvalue weighted by Crippen LogP contribution is -2.27. The molecule has 0 saturated carbocycles. The summed E-state index contributed by atoms with van der Waals surface area (Å²) in [7, 11) is 0. The number of hydrogen-bond donors (Lipinski definition) is 1. The first-order valence-electron chi connectivity index (χ1n) is 6.14. The fourth-order valence-electron chi connectivity index (χ4n) is 1.88. The van der Waals surface area contributed by atoms with Gasteiger partial charge in [0.25, 0.3) is 0 Å². The molecule has 4 nitrogen and oxygen atoms in total. The van der Waals surface area contributed by atoms with E-state index in [4.69, 9.17) is 0 Å². The molecule has 19 heavy (non-hydrogen) atoms. The molecule has 0 spiro atoms. The Morgan fingerprint density at radius 1 is 1.32 bits per heavy atom. The van der Waals surface area contributed by atoms with Crippen LogP contribution in [-0.4, -0.2) is 11.0 Å². The summed E-state index contributed by atoms with van der Waals surface area (Å²) in [6, 6.07) is 12.2. The number of benzene rings is 1. The van der Waals surface area contributed by atoms with Crippen LogP contribution in [0, 0.1) is 10.1 Å². The molecule has 1 aromatic carbocycles. The summed E-state index contributed by atoms with van der Waals surface area (Å²) in [5.41, 5.74) is 2.26. The predicted molar refractivity (Wildman–Crippen MR) is 77.4 cm³/mol. The molecule has 5 heteroatoms. The van der Waals surface area contributed by atoms with Gasteiger partial charge in [-0.25, -0.2) is 0 Å². The average Bonchev–Trinajstić information content (AvgIpc) is 2.86. The SMILES string of the molecule is CC(Cc1ccccc1)NCc1csc([N+](=O)[O-])c1. The van der Waals surface area contributed by atoms with Gasteiger partial charge in [0.2, 0.25) is 0 Å². The third-order valence-corrected chi connectivity index (χ3v) is 3.79. The second-order valence-corrected chi connectivity index (χ2v) is 5.41. The third-order valence-electron chi connectivity index (χ3n) is 2.86. The molecular formula is C14H16N2O2S.